The molecule has 2 aliphatic heterocycles. The standard InChI is InChI=1S/C21H29N5O3/c22-8-9-24-10-12-25(13-11-24)21(29)23-15-6-7-17-18(14-15)20(28)26(19(17)27)16-4-2-1-3-5-16/h6-7,14,16H,1-5,8-13,22H2,(H,23,29). The molecule has 1 saturated carbocycles. The number of hydrogen-bond donors (Lipinski definition) is 2. The summed E-state index contributed by atoms with van der Waals surface area (Å²) < 4.78 is 0. The van der Waals surface area contributed by atoms with Gasteiger partial charge in [0.25, 0.3) is 11.8 Å². The van der Waals surface area contributed by atoms with E-state index in [1.807, 2.05) is 0 Å². The predicted molar refractivity (Wildman–Crippen MR) is 110 cm³/mol. The van der Waals surface area contributed by atoms with E-state index in [0.29, 0.717) is 36.4 Å². The fraction of sp³-hybridized carbons (Fsp3) is 0.571. The number of nitrogens with two attached hydrogens (primary N) is 1. The molecule has 1 saturated heterocycles. The molecule has 2 fully saturated rings. The molecule has 3 N–H and O–H groups in total. The number of anilines is 1. The van der Waals surface area contributed by atoms with Gasteiger partial charge in [-0.15, -0.1) is 0 Å². The first-order valence-electron chi connectivity index (χ1n) is 10.6. The fourth-order valence-corrected chi connectivity index (χ4v) is 4.57. The summed E-state index contributed by atoms with van der Waals surface area (Å²) in [5.41, 5.74) is 6.97. The molecule has 0 radical (unpaired) electrons. The van der Waals surface area contributed by atoms with Gasteiger partial charge in [-0.25, -0.2) is 4.79 Å². The quantitative estimate of drug-likeness (QED) is 0.751. The molecular weight excluding hydrogens is 370 g/mol. The minimum absolute atomic E-state index is 0.000919. The Morgan fingerprint density at radius 1 is 1.00 bits per heavy atom. The van der Waals surface area contributed by atoms with E-state index in [-0.39, 0.29) is 23.9 Å². The Kier molecular flexibility index (Phi) is 5.82. The van der Waals surface area contributed by atoms with Crippen LogP contribution in [0.25, 0.3) is 0 Å². The number of nitrogens with one attached hydrogen (secondary N) is 1. The lowest BCUT2D eigenvalue weighted by Gasteiger charge is -2.34. The van der Waals surface area contributed by atoms with Crippen LogP contribution in [0, 0.1) is 0 Å². The summed E-state index contributed by atoms with van der Waals surface area (Å²) in [4.78, 5) is 43.7. The van der Waals surface area contributed by atoms with Crippen LogP contribution in [0.2, 0.25) is 0 Å². The van der Waals surface area contributed by atoms with Gasteiger partial charge >= 0.3 is 6.03 Å². The van der Waals surface area contributed by atoms with Crippen LogP contribution in [0.5, 0.6) is 0 Å². The van der Waals surface area contributed by atoms with E-state index in [1.165, 1.54) is 4.90 Å². The first-order valence-corrected chi connectivity index (χ1v) is 10.6. The highest BCUT2D eigenvalue weighted by molar-refractivity contribution is 6.22. The molecule has 0 spiro atoms. The van der Waals surface area contributed by atoms with Crippen LogP contribution >= 0.6 is 0 Å². The van der Waals surface area contributed by atoms with E-state index in [0.717, 1.165) is 51.7 Å². The number of benzene rings is 1. The summed E-state index contributed by atoms with van der Waals surface area (Å²) in [6, 6.07) is 4.82. The largest absolute Gasteiger partial charge is 0.329 e. The Morgan fingerprint density at radius 2 is 1.69 bits per heavy atom. The topological polar surface area (TPSA) is 99.0 Å². The van der Waals surface area contributed by atoms with Crippen molar-refractivity contribution < 1.29 is 14.4 Å². The Hall–Kier alpha value is -2.45. The highest BCUT2D eigenvalue weighted by Gasteiger charge is 2.40. The molecule has 2 heterocycles. The van der Waals surface area contributed by atoms with Crippen molar-refractivity contribution in [3.63, 3.8) is 0 Å². The highest BCUT2D eigenvalue weighted by Crippen LogP contribution is 2.32. The Morgan fingerprint density at radius 3 is 2.38 bits per heavy atom. The van der Waals surface area contributed by atoms with Gasteiger partial charge in [0.2, 0.25) is 0 Å². The smallest absolute Gasteiger partial charge is 0.321 e. The molecule has 1 aromatic carbocycles. The third-order valence-electron chi connectivity index (χ3n) is 6.21. The summed E-state index contributed by atoms with van der Waals surface area (Å²) in [5.74, 6) is -0.436. The zero-order chi connectivity index (χ0) is 20.4. The van der Waals surface area contributed by atoms with Crippen molar-refractivity contribution in [1.82, 2.24) is 14.7 Å². The number of carbonyl (C=O) groups is 3. The number of imide groups is 1. The van der Waals surface area contributed by atoms with Crippen LogP contribution in [0.3, 0.4) is 0 Å². The zero-order valence-corrected chi connectivity index (χ0v) is 16.7. The molecule has 4 amide bonds. The number of rotatable bonds is 4. The molecule has 0 aromatic heterocycles. The van der Waals surface area contributed by atoms with Crippen molar-refractivity contribution in [3.05, 3.63) is 29.3 Å². The minimum Gasteiger partial charge on any atom is -0.329 e. The second-order valence-electron chi connectivity index (χ2n) is 8.08. The second kappa shape index (κ2) is 8.51. The van der Waals surface area contributed by atoms with Crippen LogP contribution < -0.4 is 11.1 Å². The van der Waals surface area contributed by atoms with Crippen molar-refractivity contribution in [1.29, 1.82) is 0 Å². The normalized spacial score (nSPS) is 20.9. The van der Waals surface area contributed by atoms with Gasteiger partial charge in [-0.2, -0.15) is 0 Å². The number of amides is 4. The summed E-state index contributed by atoms with van der Waals surface area (Å²) in [5, 5.41) is 2.88. The van der Waals surface area contributed by atoms with Crippen molar-refractivity contribution in [3.8, 4) is 0 Å². The van der Waals surface area contributed by atoms with Gasteiger partial charge in [0, 0.05) is 51.0 Å². The monoisotopic (exact) mass is 399 g/mol. The lowest BCUT2D eigenvalue weighted by Crippen LogP contribution is -2.50. The number of urea groups is 1. The number of fused-ring (bicyclic) bond motifs is 1. The average Bonchev–Trinajstić information content (AvgIpc) is 2.99. The van der Waals surface area contributed by atoms with E-state index < -0.39 is 0 Å². The molecule has 156 valence electrons. The Bertz CT molecular complexity index is 798. The summed E-state index contributed by atoms with van der Waals surface area (Å²) in [7, 11) is 0. The average molecular weight is 399 g/mol. The minimum atomic E-state index is -0.233. The van der Waals surface area contributed by atoms with E-state index in [2.05, 4.69) is 10.2 Å². The van der Waals surface area contributed by atoms with Gasteiger partial charge in [-0.05, 0) is 31.0 Å². The van der Waals surface area contributed by atoms with Crippen molar-refractivity contribution >= 4 is 23.5 Å². The van der Waals surface area contributed by atoms with E-state index in [9.17, 15) is 14.4 Å². The van der Waals surface area contributed by atoms with Gasteiger partial charge in [-0.1, -0.05) is 19.3 Å². The van der Waals surface area contributed by atoms with Crippen molar-refractivity contribution in [2.45, 2.75) is 38.1 Å². The van der Waals surface area contributed by atoms with Gasteiger partial charge in [0.15, 0.2) is 0 Å². The Balaban J connectivity index is 1.42. The number of carbonyl (C=O) groups excluding carboxylic acids is 3. The highest BCUT2D eigenvalue weighted by atomic mass is 16.2. The molecule has 8 nitrogen and oxygen atoms in total. The summed E-state index contributed by atoms with van der Waals surface area (Å²) >= 11 is 0. The SMILES string of the molecule is NCCN1CCN(C(=O)Nc2ccc3c(c2)C(=O)N(C2CCCCC2)C3=O)CC1. The molecule has 29 heavy (non-hydrogen) atoms. The maximum atomic E-state index is 12.9. The molecule has 1 aromatic rings. The van der Waals surface area contributed by atoms with E-state index in [4.69, 9.17) is 5.73 Å². The second-order valence-corrected chi connectivity index (χ2v) is 8.08. The van der Waals surface area contributed by atoms with Crippen LogP contribution in [-0.4, -0.2) is 77.9 Å². The van der Waals surface area contributed by atoms with Gasteiger partial charge < -0.3 is 16.0 Å². The predicted octanol–water partition coefficient (Wildman–Crippen LogP) is 1.72. The number of piperazine rings is 1. The maximum absolute atomic E-state index is 12.9. The third-order valence-corrected chi connectivity index (χ3v) is 6.21. The Labute approximate surface area is 171 Å². The molecule has 1 aliphatic carbocycles. The lowest BCUT2D eigenvalue weighted by molar-refractivity contribution is 0.0549. The maximum Gasteiger partial charge on any atom is 0.321 e. The number of hydrogen-bond acceptors (Lipinski definition) is 5. The molecular formula is C21H29N5O3. The molecule has 3 aliphatic rings. The lowest BCUT2D eigenvalue weighted by atomic mass is 9.94. The van der Waals surface area contributed by atoms with Gasteiger partial charge in [0.05, 0.1) is 11.1 Å². The summed E-state index contributed by atoms with van der Waals surface area (Å²) in [6.07, 6.45) is 5.03. The number of nitrogens with zero attached hydrogens (tertiary/aromatic N) is 3. The van der Waals surface area contributed by atoms with Gasteiger partial charge in [0.1, 0.15) is 0 Å². The fourth-order valence-electron chi connectivity index (χ4n) is 4.57. The van der Waals surface area contributed by atoms with Crippen LogP contribution in [0.4, 0.5) is 10.5 Å². The van der Waals surface area contributed by atoms with Crippen LogP contribution in [-0.2, 0) is 0 Å². The van der Waals surface area contributed by atoms with Gasteiger partial charge in [-0.3, -0.25) is 19.4 Å². The summed E-state index contributed by atoms with van der Waals surface area (Å²) in [6.45, 7) is 4.35. The first kappa shape index (κ1) is 19.8. The molecule has 0 unspecified atom stereocenters. The van der Waals surface area contributed by atoms with Crippen LogP contribution in [0.1, 0.15) is 52.8 Å². The zero-order valence-electron chi connectivity index (χ0n) is 16.7. The molecule has 8 heteroatoms. The molecule has 4 rings (SSSR count). The first-order chi connectivity index (χ1) is 14.1. The third kappa shape index (κ3) is 4.00. The van der Waals surface area contributed by atoms with Crippen molar-refractivity contribution in [2.75, 3.05) is 44.6 Å². The van der Waals surface area contributed by atoms with Crippen LogP contribution in [0.15, 0.2) is 18.2 Å². The molecule has 0 bridgehead atoms. The van der Waals surface area contributed by atoms with E-state index >= 15 is 0 Å². The molecule has 0 atom stereocenters. The van der Waals surface area contributed by atoms with Crippen molar-refractivity contribution in [2.24, 2.45) is 5.73 Å². The van der Waals surface area contributed by atoms with E-state index in [1.54, 1.807) is 23.1 Å².